The minimum absolute atomic E-state index is 0.874. The first-order chi connectivity index (χ1) is 24.3. The van der Waals surface area contributed by atoms with Gasteiger partial charge in [0.25, 0.3) is 0 Å². The van der Waals surface area contributed by atoms with Crippen LogP contribution in [0.4, 0.5) is 17.1 Å². The number of anilines is 3. The Kier molecular flexibility index (Phi) is 6.18. The second-order valence-electron chi connectivity index (χ2n) is 12.5. The van der Waals surface area contributed by atoms with E-state index in [2.05, 4.69) is 157 Å². The third-order valence-electron chi connectivity index (χ3n) is 9.67. The molecule has 0 radical (unpaired) electrons. The van der Waals surface area contributed by atoms with Crippen LogP contribution in [-0.2, 0) is 0 Å². The zero-order valence-electron chi connectivity index (χ0n) is 26.5. The van der Waals surface area contributed by atoms with E-state index in [9.17, 15) is 0 Å². The molecular weight excluding hydrogens is 599 g/mol. The van der Waals surface area contributed by atoms with E-state index in [0.29, 0.717) is 0 Å². The van der Waals surface area contributed by atoms with Gasteiger partial charge in [-0.15, -0.1) is 0 Å². The summed E-state index contributed by atoms with van der Waals surface area (Å²) in [5, 5.41) is 6.75. The van der Waals surface area contributed by atoms with Crippen molar-refractivity contribution in [1.82, 2.24) is 0 Å². The molecule has 0 aliphatic heterocycles. The van der Waals surface area contributed by atoms with Crippen molar-refractivity contribution in [2.24, 2.45) is 0 Å². The van der Waals surface area contributed by atoms with Gasteiger partial charge >= 0.3 is 0 Å². The van der Waals surface area contributed by atoms with Gasteiger partial charge in [0.05, 0.1) is 5.69 Å². The molecule has 2 aromatic heterocycles. The number of furan rings is 2. The Hall–Kier alpha value is -6.58. The number of para-hydroxylation sites is 2. The number of rotatable bonds is 5. The van der Waals surface area contributed by atoms with E-state index in [1.54, 1.807) is 0 Å². The van der Waals surface area contributed by atoms with Gasteiger partial charge in [-0.1, -0.05) is 115 Å². The average molecular weight is 628 g/mol. The predicted octanol–water partition coefficient (Wildman–Crippen LogP) is 13.4. The van der Waals surface area contributed by atoms with Crippen molar-refractivity contribution in [3.8, 4) is 22.3 Å². The standard InChI is InChI=1S/C46H29NO2/c1-3-12-30(13-4-1)34-24-22-32(28-39(34)31-14-5-2-6-15-31)47(33-23-26-44-40(29-33)36-16-7-9-20-42(36)48-44)41-19-11-18-37-35(41)25-27-45-46(37)38-17-8-10-21-43(38)49-45/h1-29H. The number of nitrogens with zero attached hydrogens (tertiary/aromatic N) is 1. The molecule has 0 spiro atoms. The average Bonchev–Trinajstić information content (AvgIpc) is 3.74. The molecule has 0 saturated carbocycles. The molecule has 3 nitrogen and oxygen atoms in total. The van der Waals surface area contributed by atoms with Crippen LogP contribution in [0.5, 0.6) is 0 Å². The van der Waals surface area contributed by atoms with E-state index in [1.807, 2.05) is 24.3 Å². The minimum Gasteiger partial charge on any atom is -0.456 e. The third kappa shape index (κ3) is 4.44. The number of hydrogen-bond donors (Lipinski definition) is 0. The first-order valence-electron chi connectivity index (χ1n) is 16.6. The van der Waals surface area contributed by atoms with Gasteiger partial charge in [-0.2, -0.15) is 0 Å². The highest BCUT2D eigenvalue weighted by molar-refractivity contribution is 6.21. The fraction of sp³-hybridized carbons (Fsp3) is 0. The predicted molar refractivity (Wildman–Crippen MR) is 204 cm³/mol. The quantitative estimate of drug-likeness (QED) is 0.190. The molecule has 230 valence electrons. The molecule has 2 heterocycles. The van der Waals surface area contributed by atoms with E-state index >= 15 is 0 Å². The Balaban J connectivity index is 1.27. The third-order valence-corrected chi connectivity index (χ3v) is 9.67. The van der Waals surface area contributed by atoms with Gasteiger partial charge in [0.2, 0.25) is 0 Å². The lowest BCUT2D eigenvalue weighted by molar-refractivity contribution is 0.668. The summed E-state index contributed by atoms with van der Waals surface area (Å²) in [4.78, 5) is 2.39. The Morgan fingerprint density at radius 1 is 0.327 bits per heavy atom. The summed E-state index contributed by atoms with van der Waals surface area (Å²) in [5.41, 5.74) is 11.5. The van der Waals surface area contributed by atoms with Crippen LogP contribution in [0, 0.1) is 0 Å². The second kappa shape index (κ2) is 11.0. The van der Waals surface area contributed by atoms with Crippen molar-refractivity contribution in [3.05, 3.63) is 176 Å². The molecule has 49 heavy (non-hydrogen) atoms. The summed E-state index contributed by atoms with van der Waals surface area (Å²) in [6.45, 7) is 0. The molecule has 0 saturated heterocycles. The highest BCUT2D eigenvalue weighted by atomic mass is 16.3. The van der Waals surface area contributed by atoms with E-state index in [-0.39, 0.29) is 0 Å². The Morgan fingerprint density at radius 3 is 1.69 bits per heavy atom. The van der Waals surface area contributed by atoms with Gasteiger partial charge < -0.3 is 13.7 Å². The monoisotopic (exact) mass is 627 g/mol. The van der Waals surface area contributed by atoms with Crippen LogP contribution in [0.1, 0.15) is 0 Å². The topological polar surface area (TPSA) is 29.5 Å². The molecule has 10 aromatic rings. The minimum atomic E-state index is 0.874. The maximum absolute atomic E-state index is 6.31. The summed E-state index contributed by atoms with van der Waals surface area (Å²) >= 11 is 0. The summed E-state index contributed by atoms with van der Waals surface area (Å²) in [6, 6.07) is 62.2. The second-order valence-corrected chi connectivity index (χ2v) is 12.5. The summed E-state index contributed by atoms with van der Waals surface area (Å²) in [6.07, 6.45) is 0. The number of fused-ring (bicyclic) bond motifs is 8. The molecule has 10 rings (SSSR count). The van der Waals surface area contributed by atoms with Crippen LogP contribution in [0.2, 0.25) is 0 Å². The van der Waals surface area contributed by atoms with Crippen molar-refractivity contribution in [1.29, 1.82) is 0 Å². The van der Waals surface area contributed by atoms with Crippen LogP contribution in [0.3, 0.4) is 0 Å². The molecule has 0 aliphatic carbocycles. The van der Waals surface area contributed by atoms with Gasteiger partial charge in [-0.3, -0.25) is 0 Å². The molecule has 3 heteroatoms. The number of hydrogen-bond acceptors (Lipinski definition) is 3. The molecule has 0 atom stereocenters. The molecule has 0 fully saturated rings. The summed E-state index contributed by atoms with van der Waals surface area (Å²) in [5.74, 6) is 0. The summed E-state index contributed by atoms with van der Waals surface area (Å²) in [7, 11) is 0. The van der Waals surface area contributed by atoms with Gasteiger partial charge in [0.15, 0.2) is 0 Å². The smallest absolute Gasteiger partial charge is 0.136 e. The van der Waals surface area contributed by atoms with E-state index < -0.39 is 0 Å². The Bertz CT molecular complexity index is 2830. The fourth-order valence-corrected chi connectivity index (χ4v) is 7.44. The highest BCUT2D eigenvalue weighted by Gasteiger charge is 2.21. The highest BCUT2D eigenvalue weighted by Crippen LogP contribution is 2.46. The van der Waals surface area contributed by atoms with Gasteiger partial charge in [0, 0.05) is 38.3 Å². The van der Waals surface area contributed by atoms with Crippen LogP contribution in [0.25, 0.3) is 76.9 Å². The maximum Gasteiger partial charge on any atom is 0.136 e. The first kappa shape index (κ1) is 27.5. The fourth-order valence-electron chi connectivity index (χ4n) is 7.44. The molecule has 0 bridgehead atoms. The molecular formula is C46H29NO2. The van der Waals surface area contributed by atoms with Gasteiger partial charge in [-0.25, -0.2) is 0 Å². The van der Waals surface area contributed by atoms with Crippen molar-refractivity contribution < 1.29 is 8.83 Å². The van der Waals surface area contributed by atoms with E-state index in [0.717, 1.165) is 71.7 Å². The number of benzene rings is 8. The lowest BCUT2D eigenvalue weighted by atomic mass is 9.93. The van der Waals surface area contributed by atoms with Crippen molar-refractivity contribution in [3.63, 3.8) is 0 Å². The van der Waals surface area contributed by atoms with Crippen LogP contribution < -0.4 is 4.90 Å². The molecule has 0 N–H and O–H groups in total. The Morgan fingerprint density at radius 2 is 0.898 bits per heavy atom. The lowest BCUT2D eigenvalue weighted by Gasteiger charge is -2.28. The largest absolute Gasteiger partial charge is 0.456 e. The summed E-state index contributed by atoms with van der Waals surface area (Å²) < 4.78 is 12.6. The zero-order valence-corrected chi connectivity index (χ0v) is 26.5. The zero-order chi connectivity index (χ0) is 32.3. The van der Waals surface area contributed by atoms with Gasteiger partial charge in [0.1, 0.15) is 22.3 Å². The van der Waals surface area contributed by atoms with Crippen LogP contribution in [0.15, 0.2) is 185 Å². The molecule has 0 amide bonds. The van der Waals surface area contributed by atoms with E-state index in [4.69, 9.17) is 8.83 Å². The Labute approximate surface area is 282 Å². The first-order valence-corrected chi connectivity index (χ1v) is 16.6. The molecule has 0 aliphatic rings. The van der Waals surface area contributed by atoms with Crippen molar-refractivity contribution in [2.75, 3.05) is 4.90 Å². The van der Waals surface area contributed by atoms with Crippen molar-refractivity contribution in [2.45, 2.75) is 0 Å². The van der Waals surface area contributed by atoms with Crippen LogP contribution >= 0.6 is 0 Å². The SMILES string of the molecule is c1ccc(-c2ccc(N(c3ccc4oc5ccccc5c4c3)c3cccc4c3ccc3oc5ccccc5c34)cc2-c2ccccc2)cc1. The van der Waals surface area contributed by atoms with E-state index in [1.165, 1.54) is 22.3 Å². The lowest BCUT2D eigenvalue weighted by Crippen LogP contribution is -2.11. The molecule has 0 unspecified atom stereocenters. The van der Waals surface area contributed by atoms with Crippen molar-refractivity contribution >= 4 is 71.7 Å². The molecule has 8 aromatic carbocycles. The maximum atomic E-state index is 6.31. The normalized spacial score (nSPS) is 11.7. The van der Waals surface area contributed by atoms with Gasteiger partial charge in [-0.05, 0) is 88.3 Å². The van der Waals surface area contributed by atoms with Crippen LogP contribution in [-0.4, -0.2) is 0 Å².